The van der Waals surface area contributed by atoms with E-state index < -0.39 is 0 Å². The molecule has 1 heterocycles. The van der Waals surface area contributed by atoms with Crippen molar-refractivity contribution in [3.63, 3.8) is 0 Å². The number of hydrogen-bond acceptors (Lipinski definition) is 2. The van der Waals surface area contributed by atoms with Crippen molar-refractivity contribution in [1.82, 2.24) is 5.32 Å². The van der Waals surface area contributed by atoms with Crippen molar-refractivity contribution in [2.75, 3.05) is 13.7 Å². The van der Waals surface area contributed by atoms with E-state index in [-0.39, 0.29) is 12.4 Å². The molecule has 0 amide bonds. The van der Waals surface area contributed by atoms with Crippen molar-refractivity contribution in [3.8, 4) is 5.75 Å². The van der Waals surface area contributed by atoms with Gasteiger partial charge in [0.2, 0.25) is 0 Å². The van der Waals surface area contributed by atoms with Crippen molar-refractivity contribution >= 4 is 12.4 Å². The molecule has 1 aliphatic rings. The van der Waals surface area contributed by atoms with Gasteiger partial charge in [-0.15, -0.1) is 12.4 Å². The molecule has 0 bridgehead atoms. The Kier molecular flexibility index (Phi) is 5.64. The molecule has 0 radical (unpaired) electrons. The number of nitrogens with one attached hydrogen (secondary N) is 1. The average Bonchev–Trinajstić information content (AvgIpc) is 2.31. The maximum atomic E-state index is 5.22. The van der Waals surface area contributed by atoms with Crippen molar-refractivity contribution < 1.29 is 4.74 Å². The second kappa shape index (κ2) is 6.77. The molecule has 1 aromatic carbocycles. The van der Waals surface area contributed by atoms with Crippen LogP contribution in [0.3, 0.4) is 0 Å². The van der Waals surface area contributed by atoms with Gasteiger partial charge in [0.15, 0.2) is 0 Å². The molecular formula is C13H20ClNO. The fraction of sp³-hybridized carbons (Fsp3) is 0.538. The first kappa shape index (κ1) is 13.3. The molecule has 0 aromatic heterocycles. The van der Waals surface area contributed by atoms with E-state index in [4.69, 9.17) is 4.74 Å². The number of halogens is 1. The van der Waals surface area contributed by atoms with Crippen molar-refractivity contribution in [2.45, 2.75) is 31.7 Å². The molecule has 1 fully saturated rings. The summed E-state index contributed by atoms with van der Waals surface area (Å²) in [5, 5.41) is 3.56. The lowest BCUT2D eigenvalue weighted by atomic mass is 9.98. The van der Waals surface area contributed by atoms with E-state index >= 15 is 0 Å². The monoisotopic (exact) mass is 241 g/mol. The molecule has 3 heteroatoms. The van der Waals surface area contributed by atoms with Gasteiger partial charge >= 0.3 is 0 Å². The first-order valence-electron chi connectivity index (χ1n) is 5.75. The summed E-state index contributed by atoms with van der Waals surface area (Å²) >= 11 is 0. The van der Waals surface area contributed by atoms with Crippen LogP contribution in [0, 0.1) is 0 Å². The predicted molar refractivity (Wildman–Crippen MR) is 69.6 cm³/mol. The molecule has 1 atom stereocenters. The summed E-state index contributed by atoms with van der Waals surface area (Å²) in [5.74, 6) is 0.961. The van der Waals surface area contributed by atoms with Gasteiger partial charge in [-0.25, -0.2) is 0 Å². The highest BCUT2D eigenvalue weighted by Gasteiger charge is 2.12. The first-order chi connectivity index (χ1) is 7.38. The molecule has 1 N–H and O–H groups in total. The average molecular weight is 242 g/mol. The Morgan fingerprint density at radius 2 is 2.25 bits per heavy atom. The number of ether oxygens (including phenoxy) is 1. The van der Waals surface area contributed by atoms with Crippen LogP contribution in [0.15, 0.2) is 24.3 Å². The zero-order chi connectivity index (χ0) is 10.5. The largest absolute Gasteiger partial charge is 0.497 e. The standard InChI is InChI=1S/C13H19NO.ClH/c1-15-13-7-4-5-11(10-13)9-12-6-2-3-8-14-12;/h4-5,7,10,12,14H,2-3,6,8-9H2,1H3;1H. The topological polar surface area (TPSA) is 21.3 Å². The Morgan fingerprint density at radius 1 is 1.38 bits per heavy atom. The fourth-order valence-electron chi connectivity index (χ4n) is 2.18. The van der Waals surface area contributed by atoms with Crippen LogP contribution in [-0.4, -0.2) is 19.7 Å². The van der Waals surface area contributed by atoms with Gasteiger partial charge in [-0.3, -0.25) is 0 Å². The Morgan fingerprint density at radius 3 is 2.94 bits per heavy atom. The highest BCUT2D eigenvalue weighted by Crippen LogP contribution is 2.17. The predicted octanol–water partition coefficient (Wildman–Crippen LogP) is 2.80. The van der Waals surface area contributed by atoms with Crippen molar-refractivity contribution in [3.05, 3.63) is 29.8 Å². The maximum Gasteiger partial charge on any atom is 0.119 e. The minimum atomic E-state index is 0. The van der Waals surface area contributed by atoms with Crippen LogP contribution in [0.1, 0.15) is 24.8 Å². The van der Waals surface area contributed by atoms with E-state index in [1.165, 1.54) is 31.4 Å². The summed E-state index contributed by atoms with van der Waals surface area (Å²) < 4.78 is 5.22. The third kappa shape index (κ3) is 3.69. The summed E-state index contributed by atoms with van der Waals surface area (Å²) in [6.45, 7) is 1.18. The quantitative estimate of drug-likeness (QED) is 0.879. The van der Waals surface area contributed by atoms with Crippen LogP contribution in [-0.2, 0) is 6.42 Å². The van der Waals surface area contributed by atoms with Crippen LogP contribution >= 0.6 is 12.4 Å². The number of methoxy groups -OCH3 is 1. The lowest BCUT2D eigenvalue weighted by molar-refractivity contribution is 0.396. The molecule has 1 aromatic rings. The Hall–Kier alpha value is -0.730. The molecule has 2 rings (SSSR count). The smallest absolute Gasteiger partial charge is 0.119 e. The molecular weight excluding hydrogens is 222 g/mol. The number of hydrogen-bond donors (Lipinski definition) is 1. The Balaban J connectivity index is 0.00000128. The number of piperidine rings is 1. The molecule has 90 valence electrons. The summed E-state index contributed by atoms with van der Waals surface area (Å²) in [7, 11) is 1.72. The third-order valence-electron chi connectivity index (χ3n) is 3.03. The van der Waals surface area contributed by atoms with Gasteiger partial charge in [0, 0.05) is 6.04 Å². The van der Waals surface area contributed by atoms with E-state index in [0.29, 0.717) is 6.04 Å². The van der Waals surface area contributed by atoms with Gasteiger partial charge in [-0.1, -0.05) is 18.6 Å². The number of rotatable bonds is 3. The van der Waals surface area contributed by atoms with Crippen molar-refractivity contribution in [2.24, 2.45) is 0 Å². The minimum Gasteiger partial charge on any atom is -0.497 e. The van der Waals surface area contributed by atoms with Crippen LogP contribution in [0.5, 0.6) is 5.75 Å². The molecule has 1 saturated heterocycles. The Bertz CT molecular complexity index is 311. The van der Waals surface area contributed by atoms with Crippen LogP contribution in [0.2, 0.25) is 0 Å². The molecule has 1 aliphatic heterocycles. The van der Waals surface area contributed by atoms with Gasteiger partial charge in [-0.05, 0) is 43.5 Å². The summed E-state index contributed by atoms with van der Waals surface area (Å²) in [6.07, 6.45) is 5.12. The van der Waals surface area contributed by atoms with E-state index in [9.17, 15) is 0 Å². The van der Waals surface area contributed by atoms with Gasteiger partial charge in [-0.2, -0.15) is 0 Å². The first-order valence-corrected chi connectivity index (χ1v) is 5.75. The van der Waals surface area contributed by atoms with E-state index in [2.05, 4.69) is 23.5 Å². The normalized spacial score (nSPS) is 19.9. The molecule has 0 aliphatic carbocycles. The highest BCUT2D eigenvalue weighted by molar-refractivity contribution is 5.85. The van der Waals surface area contributed by atoms with Crippen LogP contribution in [0.25, 0.3) is 0 Å². The van der Waals surface area contributed by atoms with E-state index in [1.54, 1.807) is 7.11 Å². The SMILES string of the molecule is COc1cccc(CC2CCCCN2)c1.Cl. The molecule has 0 saturated carbocycles. The summed E-state index contributed by atoms with van der Waals surface area (Å²) in [6, 6.07) is 9.04. The van der Waals surface area contributed by atoms with Gasteiger partial charge < -0.3 is 10.1 Å². The minimum absolute atomic E-state index is 0. The molecule has 2 nitrogen and oxygen atoms in total. The second-order valence-corrected chi connectivity index (χ2v) is 4.20. The lowest BCUT2D eigenvalue weighted by Gasteiger charge is -2.23. The zero-order valence-corrected chi connectivity index (χ0v) is 10.6. The highest BCUT2D eigenvalue weighted by atomic mass is 35.5. The van der Waals surface area contributed by atoms with Gasteiger partial charge in [0.05, 0.1) is 7.11 Å². The molecule has 1 unspecified atom stereocenters. The maximum absolute atomic E-state index is 5.22. The van der Waals surface area contributed by atoms with E-state index in [1.807, 2.05) is 6.07 Å². The molecule has 0 spiro atoms. The lowest BCUT2D eigenvalue weighted by Crippen LogP contribution is -2.35. The van der Waals surface area contributed by atoms with E-state index in [0.717, 1.165) is 12.2 Å². The molecule has 16 heavy (non-hydrogen) atoms. The Labute approximate surface area is 104 Å². The summed E-state index contributed by atoms with van der Waals surface area (Å²) in [5.41, 5.74) is 1.37. The van der Waals surface area contributed by atoms with Gasteiger partial charge in [0.25, 0.3) is 0 Å². The van der Waals surface area contributed by atoms with Crippen LogP contribution < -0.4 is 10.1 Å². The summed E-state index contributed by atoms with van der Waals surface area (Å²) in [4.78, 5) is 0. The second-order valence-electron chi connectivity index (χ2n) is 4.20. The fourth-order valence-corrected chi connectivity index (χ4v) is 2.18. The third-order valence-corrected chi connectivity index (χ3v) is 3.03. The van der Waals surface area contributed by atoms with Gasteiger partial charge in [0.1, 0.15) is 5.75 Å². The van der Waals surface area contributed by atoms with Crippen molar-refractivity contribution in [1.29, 1.82) is 0 Å². The zero-order valence-electron chi connectivity index (χ0n) is 9.74. The number of benzene rings is 1. The van der Waals surface area contributed by atoms with Crippen LogP contribution in [0.4, 0.5) is 0 Å².